The monoisotopic (exact) mass is 429 g/mol. The highest BCUT2D eigenvalue weighted by Gasteiger charge is 2.30. The number of piperidine rings is 1. The Hall–Kier alpha value is -2.11. The molecule has 1 fully saturated rings. The Morgan fingerprint density at radius 3 is 2.82 bits per heavy atom. The van der Waals surface area contributed by atoms with Gasteiger partial charge in [-0.05, 0) is 31.0 Å². The van der Waals surface area contributed by atoms with Crippen LogP contribution in [0.4, 0.5) is 4.39 Å². The topological polar surface area (TPSA) is 98.0 Å². The van der Waals surface area contributed by atoms with E-state index in [1.165, 1.54) is 34.2 Å². The smallest absolute Gasteiger partial charge is 0.325 e. The van der Waals surface area contributed by atoms with Gasteiger partial charge in [0.2, 0.25) is 10.0 Å². The van der Waals surface area contributed by atoms with Crippen molar-refractivity contribution in [1.82, 2.24) is 8.87 Å². The minimum Gasteiger partial charge on any atom is -0.468 e. The van der Waals surface area contributed by atoms with Crippen LogP contribution in [0.2, 0.25) is 0 Å². The molecule has 0 N–H and O–H groups in total. The molecule has 28 heavy (non-hydrogen) atoms. The lowest BCUT2D eigenvalue weighted by atomic mass is 9.99. The van der Waals surface area contributed by atoms with Crippen LogP contribution in [-0.2, 0) is 30.9 Å². The van der Waals surface area contributed by atoms with Crippen LogP contribution in [0.15, 0.2) is 23.2 Å². The van der Waals surface area contributed by atoms with Crippen LogP contribution in [0.3, 0.4) is 0 Å². The van der Waals surface area contributed by atoms with Gasteiger partial charge in [0, 0.05) is 13.1 Å². The Morgan fingerprint density at radius 1 is 1.39 bits per heavy atom. The number of carbonyl (C=O) groups excluding carboxylic acids is 2. The molecule has 0 aliphatic carbocycles. The van der Waals surface area contributed by atoms with Crippen molar-refractivity contribution < 1.29 is 27.1 Å². The molecule has 1 aromatic carbocycles. The summed E-state index contributed by atoms with van der Waals surface area (Å²) in [6.45, 7) is 0.291. The zero-order chi connectivity index (χ0) is 20.5. The van der Waals surface area contributed by atoms with E-state index in [0.717, 1.165) is 17.6 Å². The number of rotatable bonds is 4. The summed E-state index contributed by atoms with van der Waals surface area (Å²) in [5.41, 5.74) is 0.560. The Labute approximate surface area is 165 Å². The second kappa shape index (κ2) is 8.10. The Kier molecular flexibility index (Phi) is 5.96. The largest absolute Gasteiger partial charge is 0.468 e. The minimum absolute atomic E-state index is 0.0810. The van der Waals surface area contributed by atoms with Crippen LogP contribution in [-0.4, -0.2) is 55.6 Å². The van der Waals surface area contributed by atoms with Gasteiger partial charge in [0.1, 0.15) is 12.4 Å². The molecule has 2 heterocycles. The first-order valence-corrected chi connectivity index (χ1v) is 11.2. The molecule has 1 saturated heterocycles. The van der Waals surface area contributed by atoms with Crippen molar-refractivity contribution in [3.63, 3.8) is 0 Å². The average Bonchev–Trinajstić information content (AvgIpc) is 2.97. The summed E-state index contributed by atoms with van der Waals surface area (Å²) in [6, 6.07) is 4.09. The number of hydrogen-bond acceptors (Lipinski definition) is 6. The van der Waals surface area contributed by atoms with Gasteiger partial charge in [0.25, 0.3) is 5.91 Å². The van der Waals surface area contributed by atoms with E-state index in [-0.39, 0.29) is 17.9 Å². The number of fused-ring (bicyclic) bond motifs is 1. The van der Waals surface area contributed by atoms with Crippen molar-refractivity contribution in [3.05, 3.63) is 28.8 Å². The maximum absolute atomic E-state index is 13.6. The number of carbonyl (C=O) groups is 2. The number of thiazole rings is 1. The summed E-state index contributed by atoms with van der Waals surface area (Å²) in [6.07, 6.45) is 2.21. The van der Waals surface area contributed by atoms with Crippen molar-refractivity contribution in [3.8, 4) is 0 Å². The third-order valence-electron chi connectivity index (χ3n) is 4.57. The number of hydrogen-bond donors (Lipinski definition) is 0. The Morgan fingerprint density at radius 2 is 2.14 bits per heavy atom. The summed E-state index contributed by atoms with van der Waals surface area (Å²) in [4.78, 5) is 28.9. The maximum Gasteiger partial charge on any atom is 0.325 e. The summed E-state index contributed by atoms with van der Waals surface area (Å²) in [5, 5.41) is 0. The molecule has 1 unspecified atom stereocenters. The fourth-order valence-corrected chi connectivity index (χ4v) is 5.08. The van der Waals surface area contributed by atoms with E-state index in [0.29, 0.717) is 29.6 Å². The van der Waals surface area contributed by atoms with Crippen molar-refractivity contribution in [2.45, 2.75) is 19.4 Å². The minimum atomic E-state index is -3.38. The van der Waals surface area contributed by atoms with E-state index in [4.69, 9.17) is 4.74 Å². The molecule has 8 nitrogen and oxygen atoms in total. The van der Waals surface area contributed by atoms with E-state index in [1.807, 2.05) is 0 Å². The summed E-state index contributed by atoms with van der Waals surface area (Å²) >= 11 is 1.09. The van der Waals surface area contributed by atoms with Crippen molar-refractivity contribution >= 4 is 43.5 Å². The van der Waals surface area contributed by atoms with Crippen LogP contribution in [0, 0.1) is 11.7 Å². The molecule has 3 rings (SSSR count). The average molecular weight is 429 g/mol. The van der Waals surface area contributed by atoms with E-state index in [9.17, 15) is 22.4 Å². The lowest BCUT2D eigenvalue weighted by Gasteiger charge is -2.28. The molecule has 2 aromatic rings. The highest BCUT2D eigenvalue weighted by Crippen LogP contribution is 2.21. The Balaban J connectivity index is 1.99. The van der Waals surface area contributed by atoms with Gasteiger partial charge in [-0.2, -0.15) is 4.99 Å². The van der Waals surface area contributed by atoms with E-state index in [1.54, 1.807) is 0 Å². The molecule has 1 amide bonds. The van der Waals surface area contributed by atoms with Crippen molar-refractivity contribution in [2.75, 3.05) is 26.5 Å². The fourth-order valence-electron chi connectivity index (χ4n) is 3.11. The van der Waals surface area contributed by atoms with Crippen LogP contribution < -0.4 is 4.80 Å². The number of methoxy groups -OCH3 is 1. The van der Waals surface area contributed by atoms with Gasteiger partial charge < -0.3 is 9.30 Å². The number of sulfonamides is 1. The number of amides is 1. The van der Waals surface area contributed by atoms with Crippen LogP contribution in [0.5, 0.6) is 0 Å². The number of aromatic nitrogens is 1. The quantitative estimate of drug-likeness (QED) is 0.679. The third kappa shape index (κ3) is 4.47. The zero-order valence-electron chi connectivity index (χ0n) is 15.4. The van der Waals surface area contributed by atoms with Gasteiger partial charge in [0.05, 0.1) is 29.5 Å². The number of ether oxygens (including phenoxy) is 1. The molecular weight excluding hydrogens is 409 g/mol. The SMILES string of the molecule is COC(=O)Cn1c(=NC(=O)C2CCCN(S(C)(=O)=O)C2)sc2cc(F)ccc21. The first kappa shape index (κ1) is 20.6. The van der Waals surface area contributed by atoms with Crippen molar-refractivity contribution in [2.24, 2.45) is 10.9 Å². The molecule has 0 radical (unpaired) electrons. The highest BCUT2D eigenvalue weighted by atomic mass is 32.2. The zero-order valence-corrected chi connectivity index (χ0v) is 17.1. The second-order valence-corrected chi connectivity index (χ2v) is 9.56. The number of nitrogens with zero attached hydrogens (tertiary/aromatic N) is 3. The molecule has 1 aliphatic rings. The molecule has 0 bridgehead atoms. The second-order valence-electron chi connectivity index (χ2n) is 6.57. The molecule has 0 saturated carbocycles. The lowest BCUT2D eigenvalue weighted by molar-refractivity contribution is -0.141. The predicted molar refractivity (Wildman–Crippen MR) is 101 cm³/mol. The summed E-state index contributed by atoms with van der Waals surface area (Å²) in [7, 11) is -2.13. The first-order chi connectivity index (χ1) is 13.2. The van der Waals surface area contributed by atoms with E-state index in [2.05, 4.69) is 4.99 Å². The Bertz CT molecular complexity index is 1090. The molecular formula is C17H20FN3O5S2. The van der Waals surface area contributed by atoms with Gasteiger partial charge in [-0.25, -0.2) is 17.1 Å². The molecule has 1 aromatic heterocycles. The van der Waals surface area contributed by atoms with Crippen LogP contribution >= 0.6 is 11.3 Å². The van der Waals surface area contributed by atoms with Gasteiger partial charge in [-0.3, -0.25) is 9.59 Å². The maximum atomic E-state index is 13.6. The molecule has 1 aliphatic heterocycles. The van der Waals surface area contributed by atoms with Gasteiger partial charge in [0.15, 0.2) is 4.80 Å². The molecule has 152 valence electrons. The fraction of sp³-hybridized carbons (Fsp3) is 0.471. The van der Waals surface area contributed by atoms with Gasteiger partial charge in [-0.15, -0.1) is 0 Å². The highest BCUT2D eigenvalue weighted by molar-refractivity contribution is 7.88. The third-order valence-corrected chi connectivity index (χ3v) is 6.88. The van der Waals surface area contributed by atoms with Crippen molar-refractivity contribution in [1.29, 1.82) is 0 Å². The standard InChI is InChI=1S/C17H20FN3O5S2/c1-26-15(22)10-21-13-6-5-12(18)8-14(13)27-17(21)19-16(23)11-4-3-7-20(9-11)28(2,24)25/h5-6,8,11H,3-4,7,9-10H2,1-2H3. The lowest BCUT2D eigenvalue weighted by Crippen LogP contribution is -2.41. The molecule has 1 atom stereocenters. The van der Waals surface area contributed by atoms with E-state index >= 15 is 0 Å². The van der Waals surface area contributed by atoms with Gasteiger partial charge >= 0.3 is 5.97 Å². The van der Waals surface area contributed by atoms with Crippen LogP contribution in [0.25, 0.3) is 10.2 Å². The first-order valence-electron chi connectivity index (χ1n) is 8.58. The number of halogens is 1. The molecule has 11 heteroatoms. The van der Waals surface area contributed by atoms with Gasteiger partial charge in [-0.1, -0.05) is 11.3 Å². The normalized spacial score (nSPS) is 19.1. The summed E-state index contributed by atoms with van der Waals surface area (Å²) in [5.74, 6) is -1.98. The van der Waals surface area contributed by atoms with Crippen LogP contribution in [0.1, 0.15) is 12.8 Å². The predicted octanol–water partition coefficient (Wildman–Crippen LogP) is 1.11. The summed E-state index contributed by atoms with van der Waals surface area (Å²) < 4.78 is 45.1. The molecule has 0 spiro atoms. The number of benzene rings is 1. The number of esters is 1. The van der Waals surface area contributed by atoms with E-state index < -0.39 is 33.6 Å².